The number of aliphatic carboxylic acids is 1. The molecule has 244 valence electrons. The minimum Gasteiger partial charge on any atom is -0.480 e. The van der Waals surface area contributed by atoms with Gasteiger partial charge in [0.25, 0.3) is 0 Å². The van der Waals surface area contributed by atoms with Crippen molar-refractivity contribution in [3.63, 3.8) is 0 Å². The minimum atomic E-state index is -1.18. The third-order valence-electron chi connectivity index (χ3n) is 8.33. The number of amides is 3. The molecule has 0 aliphatic heterocycles. The Kier molecular flexibility index (Phi) is 10.4. The molecular formula is C36H40N6O5. The molecule has 8 N–H and O–H groups in total. The molecule has 4 atom stereocenters. The van der Waals surface area contributed by atoms with E-state index in [0.717, 1.165) is 38.5 Å². The molecule has 2 aromatic heterocycles. The fraction of sp³-hybridized carbons (Fsp3) is 0.278. The summed E-state index contributed by atoms with van der Waals surface area (Å²) in [5, 5.41) is 19.8. The van der Waals surface area contributed by atoms with E-state index < -0.39 is 53.8 Å². The van der Waals surface area contributed by atoms with E-state index in [2.05, 4.69) is 25.9 Å². The Balaban J connectivity index is 1.43. The van der Waals surface area contributed by atoms with Crippen molar-refractivity contribution in [2.75, 3.05) is 0 Å². The average Bonchev–Trinajstić information content (AvgIpc) is 3.67. The van der Waals surface area contributed by atoms with Gasteiger partial charge < -0.3 is 36.8 Å². The number of aromatic amines is 2. The van der Waals surface area contributed by atoms with E-state index in [0.29, 0.717) is 0 Å². The highest BCUT2D eigenvalue weighted by atomic mass is 16.4. The molecule has 3 aromatic carbocycles. The number of para-hydroxylation sites is 2. The van der Waals surface area contributed by atoms with Gasteiger partial charge in [0.1, 0.15) is 18.1 Å². The summed E-state index contributed by atoms with van der Waals surface area (Å²) in [5.41, 5.74) is 10.5. The Morgan fingerprint density at radius 2 is 1.13 bits per heavy atom. The lowest BCUT2D eigenvalue weighted by Gasteiger charge is -2.26. The summed E-state index contributed by atoms with van der Waals surface area (Å²) in [4.78, 5) is 59.5. The van der Waals surface area contributed by atoms with Crippen molar-refractivity contribution in [2.24, 2.45) is 11.7 Å². The third-order valence-corrected chi connectivity index (χ3v) is 8.33. The van der Waals surface area contributed by atoms with Gasteiger partial charge in [0.15, 0.2) is 0 Å². The number of fused-ring (bicyclic) bond motifs is 2. The molecule has 4 unspecified atom stereocenters. The summed E-state index contributed by atoms with van der Waals surface area (Å²) in [5.74, 6) is -3.35. The summed E-state index contributed by atoms with van der Waals surface area (Å²) in [6.45, 7) is 3.38. The van der Waals surface area contributed by atoms with Crippen LogP contribution in [-0.2, 0) is 38.4 Å². The first-order valence-electron chi connectivity index (χ1n) is 15.6. The van der Waals surface area contributed by atoms with E-state index in [1.807, 2.05) is 78.9 Å². The van der Waals surface area contributed by atoms with Crippen molar-refractivity contribution >= 4 is 45.5 Å². The number of hydrogen-bond donors (Lipinski definition) is 7. The molecule has 0 radical (unpaired) electrons. The van der Waals surface area contributed by atoms with Crippen molar-refractivity contribution in [3.8, 4) is 0 Å². The van der Waals surface area contributed by atoms with Crippen LogP contribution in [0, 0.1) is 5.92 Å². The molecular weight excluding hydrogens is 596 g/mol. The quantitative estimate of drug-likeness (QED) is 0.0982. The van der Waals surface area contributed by atoms with Crippen LogP contribution in [0.5, 0.6) is 0 Å². The van der Waals surface area contributed by atoms with Crippen LogP contribution in [0.15, 0.2) is 91.3 Å². The zero-order valence-electron chi connectivity index (χ0n) is 26.3. The normalized spacial score (nSPS) is 14.0. The van der Waals surface area contributed by atoms with Crippen molar-refractivity contribution in [1.29, 1.82) is 0 Å². The summed E-state index contributed by atoms with van der Waals surface area (Å²) in [7, 11) is 0. The van der Waals surface area contributed by atoms with Crippen molar-refractivity contribution in [1.82, 2.24) is 25.9 Å². The summed E-state index contributed by atoms with van der Waals surface area (Å²) in [6, 6.07) is 20.2. The minimum absolute atomic E-state index is 0.0767. The second-order valence-corrected chi connectivity index (χ2v) is 12.1. The number of hydrogen-bond acceptors (Lipinski definition) is 5. The van der Waals surface area contributed by atoms with E-state index in [-0.39, 0.29) is 19.3 Å². The van der Waals surface area contributed by atoms with Crippen molar-refractivity contribution in [3.05, 3.63) is 108 Å². The molecule has 11 nitrogen and oxygen atoms in total. The zero-order valence-corrected chi connectivity index (χ0v) is 26.3. The molecule has 5 aromatic rings. The first-order valence-corrected chi connectivity index (χ1v) is 15.6. The largest absolute Gasteiger partial charge is 0.480 e. The lowest BCUT2D eigenvalue weighted by molar-refractivity contribution is -0.143. The second kappa shape index (κ2) is 14.8. The Hall–Kier alpha value is -5.42. The van der Waals surface area contributed by atoms with Crippen LogP contribution in [0.1, 0.15) is 30.5 Å². The van der Waals surface area contributed by atoms with Gasteiger partial charge in [-0.2, -0.15) is 0 Å². The molecule has 0 fully saturated rings. The SMILES string of the molecule is CC(C)C(NC(=O)C(Cc1c[nH]c2ccccc12)NC(=O)C(Cc1c[nH]c2ccccc12)NC(=O)C(N)Cc1ccccc1)C(=O)O. The summed E-state index contributed by atoms with van der Waals surface area (Å²) < 4.78 is 0. The van der Waals surface area contributed by atoms with E-state index in [1.54, 1.807) is 26.2 Å². The first-order chi connectivity index (χ1) is 22.6. The molecule has 47 heavy (non-hydrogen) atoms. The lowest BCUT2D eigenvalue weighted by atomic mass is 9.99. The number of rotatable bonds is 14. The van der Waals surface area contributed by atoms with Crippen LogP contribution in [0.25, 0.3) is 21.8 Å². The van der Waals surface area contributed by atoms with Gasteiger partial charge in [0.05, 0.1) is 6.04 Å². The highest BCUT2D eigenvalue weighted by Gasteiger charge is 2.32. The van der Waals surface area contributed by atoms with Gasteiger partial charge in [-0.25, -0.2) is 4.79 Å². The second-order valence-electron chi connectivity index (χ2n) is 12.1. The molecule has 5 rings (SSSR count). The highest BCUT2D eigenvalue weighted by molar-refractivity contribution is 5.95. The molecule has 0 aliphatic carbocycles. The molecule has 0 saturated heterocycles. The number of nitrogens with one attached hydrogen (secondary N) is 5. The van der Waals surface area contributed by atoms with Crippen molar-refractivity contribution < 1.29 is 24.3 Å². The molecule has 11 heteroatoms. The maximum atomic E-state index is 14.1. The maximum Gasteiger partial charge on any atom is 0.326 e. The number of aromatic nitrogens is 2. The molecule has 3 amide bonds. The lowest BCUT2D eigenvalue weighted by Crippen LogP contribution is -2.58. The van der Waals surface area contributed by atoms with Gasteiger partial charge >= 0.3 is 5.97 Å². The number of carbonyl (C=O) groups is 4. The number of H-pyrrole nitrogens is 2. The fourth-order valence-electron chi connectivity index (χ4n) is 5.74. The standard InChI is InChI=1S/C36H40N6O5/c1-21(2)32(36(46)47)42-35(45)31(18-24-20-39-29-15-9-7-13-26(24)29)41-34(44)30(17-23-19-38-28-14-8-6-12-25(23)28)40-33(43)27(37)16-22-10-4-3-5-11-22/h3-15,19-21,27,30-32,38-39H,16-18,37H2,1-2H3,(H,40,43)(H,41,44)(H,42,45)(H,46,47). The van der Waals surface area contributed by atoms with Gasteiger partial charge in [-0.1, -0.05) is 80.6 Å². The van der Waals surface area contributed by atoms with E-state index in [4.69, 9.17) is 5.73 Å². The van der Waals surface area contributed by atoms with Gasteiger partial charge in [-0.05, 0) is 41.2 Å². The zero-order chi connectivity index (χ0) is 33.5. The molecule has 2 heterocycles. The molecule has 0 aliphatic rings. The van der Waals surface area contributed by atoms with Crippen LogP contribution >= 0.6 is 0 Å². The van der Waals surface area contributed by atoms with Gasteiger partial charge in [-0.15, -0.1) is 0 Å². The maximum absolute atomic E-state index is 14.1. The molecule has 0 saturated carbocycles. The fourth-order valence-corrected chi connectivity index (χ4v) is 5.74. The summed E-state index contributed by atoms with van der Waals surface area (Å²) in [6.07, 6.45) is 4.02. The Bertz CT molecular complexity index is 1860. The smallest absolute Gasteiger partial charge is 0.326 e. The van der Waals surface area contributed by atoms with Crippen molar-refractivity contribution in [2.45, 2.75) is 57.3 Å². The molecule has 0 spiro atoms. The average molecular weight is 637 g/mol. The van der Waals surface area contributed by atoms with E-state index in [1.165, 1.54) is 0 Å². The topological polar surface area (TPSA) is 182 Å². The number of carbonyl (C=O) groups excluding carboxylic acids is 3. The number of benzene rings is 3. The Labute approximate surface area is 272 Å². The summed E-state index contributed by atoms with van der Waals surface area (Å²) >= 11 is 0. The van der Waals surface area contributed by atoms with Crippen LogP contribution in [0.2, 0.25) is 0 Å². The van der Waals surface area contributed by atoms with Gasteiger partial charge in [0.2, 0.25) is 17.7 Å². The van der Waals surface area contributed by atoms with Crippen LogP contribution < -0.4 is 21.7 Å². The monoisotopic (exact) mass is 636 g/mol. The predicted octanol–water partition coefficient (Wildman–Crippen LogP) is 3.20. The highest BCUT2D eigenvalue weighted by Crippen LogP contribution is 2.21. The molecule has 0 bridgehead atoms. The predicted molar refractivity (Wildman–Crippen MR) is 180 cm³/mol. The van der Waals surface area contributed by atoms with Gasteiger partial charge in [0, 0.05) is 47.0 Å². The third kappa shape index (κ3) is 8.06. The number of carboxylic acids is 1. The number of nitrogens with two attached hydrogens (primary N) is 1. The first kappa shape index (κ1) is 33.0. The van der Waals surface area contributed by atoms with Crippen LogP contribution in [0.3, 0.4) is 0 Å². The van der Waals surface area contributed by atoms with Crippen LogP contribution in [-0.4, -0.2) is 62.9 Å². The van der Waals surface area contributed by atoms with E-state index in [9.17, 15) is 24.3 Å². The van der Waals surface area contributed by atoms with Gasteiger partial charge in [-0.3, -0.25) is 14.4 Å². The van der Waals surface area contributed by atoms with Crippen LogP contribution in [0.4, 0.5) is 0 Å². The number of carboxylic acid groups (broad SMARTS) is 1. The Morgan fingerprint density at radius 1 is 0.660 bits per heavy atom. The Morgan fingerprint density at radius 3 is 1.64 bits per heavy atom. The van der Waals surface area contributed by atoms with E-state index >= 15 is 0 Å².